The molecule has 18 heavy (non-hydrogen) atoms. The summed E-state index contributed by atoms with van der Waals surface area (Å²) in [6.45, 7) is 8.75. The van der Waals surface area contributed by atoms with Crippen molar-refractivity contribution in [3.63, 3.8) is 0 Å². The smallest absolute Gasteiger partial charge is 0.00101 e. The minimum Gasteiger partial charge on any atom is -0.303 e. The summed E-state index contributed by atoms with van der Waals surface area (Å²) in [4.78, 5) is 2.71. The molecule has 108 valence electrons. The maximum Gasteiger partial charge on any atom is 0.00101 e. The molecular weight excluding hydrogens is 218 g/mol. The van der Waals surface area contributed by atoms with Gasteiger partial charge in [-0.25, -0.2) is 0 Å². The number of hydrogen-bond acceptors (Lipinski definition) is 1. The van der Waals surface area contributed by atoms with E-state index in [2.05, 4.69) is 18.7 Å². The van der Waals surface area contributed by atoms with E-state index in [9.17, 15) is 0 Å². The van der Waals surface area contributed by atoms with E-state index in [1.54, 1.807) is 0 Å². The van der Waals surface area contributed by atoms with Gasteiger partial charge in [-0.05, 0) is 38.3 Å². The van der Waals surface area contributed by atoms with Gasteiger partial charge in [-0.1, -0.05) is 65.2 Å². The van der Waals surface area contributed by atoms with Crippen LogP contribution < -0.4 is 0 Å². The number of unbranched alkanes of at least 4 members (excludes halogenated alkanes) is 7. The molecular formula is C17H35N. The third-order valence-corrected chi connectivity index (χ3v) is 4.41. The molecule has 1 unspecified atom stereocenters. The average Bonchev–Trinajstić information content (AvgIpc) is 2.83. The van der Waals surface area contributed by atoms with E-state index in [1.807, 2.05) is 0 Å². The first-order chi connectivity index (χ1) is 8.86. The molecule has 0 radical (unpaired) electrons. The Labute approximate surface area is 115 Å². The van der Waals surface area contributed by atoms with Gasteiger partial charge in [-0.2, -0.15) is 0 Å². The second-order valence-electron chi connectivity index (χ2n) is 6.22. The van der Waals surface area contributed by atoms with Gasteiger partial charge in [0.2, 0.25) is 0 Å². The van der Waals surface area contributed by atoms with Crippen LogP contribution in [0.1, 0.15) is 84.5 Å². The summed E-state index contributed by atoms with van der Waals surface area (Å²) >= 11 is 0. The first-order valence-corrected chi connectivity index (χ1v) is 8.59. The lowest BCUT2D eigenvalue weighted by Gasteiger charge is -2.15. The van der Waals surface area contributed by atoms with E-state index < -0.39 is 0 Å². The van der Waals surface area contributed by atoms with Crippen LogP contribution in [0, 0.1) is 5.92 Å². The number of likely N-dealkylation sites (tertiary alicyclic amines) is 1. The minimum atomic E-state index is 1.02. The third kappa shape index (κ3) is 7.41. The zero-order valence-corrected chi connectivity index (χ0v) is 12.9. The first kappa shape index (κ1) is 16.0. The lowest BCUT2D eigenvalue weighted by Crippen LogP contribution is -2.21. The minimum absolute atomic E-state index is 1.02. The van der Waals surface area contributed by atoms with Crippen molar-refractivity contribution in [2.75, 3.05) is 19.6 Å². The molecule has 0 aromatic carbocycles. The Kier molecular flexibility index (Phi) is 9.65. The predicted molar refractivity (Wildman–Crippen MR) is 82.1 cm³/mol. The highest BCUT2D eigenvalue weighted by Gasteiger charge is 2.20. The summed E-state index contributed by atoms with van der Waals surface area (Å²) in [5.74, 6) is 1.02. The maximum absolute atomic E-state index is 2.71. The number of nitrogens with zero attached hydrogens (tertiary/aromatic N) is 1. The molecule has 0 bridgehead atoms. The fraction of sp³-hybridized carbons (Fsp3) is 1.00. The summed E-state index contributed by atoms with van der Waals surface area (Å²) in [7, 11) is 0. The summed E-state index contributed by atoms with van der Waals surface area (Å²) in [5, 5.41) is 0. The van der Waals surface area contributed by atoms with Gasteiger partial charge in [0, 0.05) is 6.54 Å². The van der Waals surface area contributed by atoms with E-state index in [0.29, 0.717) is 0 Å². The Morgan fingerprint density at radius 1 is 0.833 bits per heavy atom. The number of rotatable bonds is 11. The van der Waals surface area contributed by atoms with Gasteiger partial charge in [-0.15, -0.1) is 0 Å². The standard InChI is InChI=1S/C17H35N/c1-3-5-7-8-9-10-11-14-18-15-13-17(16-18)12-6-4-2/h17H,3-16H2,1-2H3. The molecule has 1 saturated heterocycles. The Bertz CT molecular complexity index is 178. The Morgan fingerprint density at radius 2 is 1.50 bits per heavy atom. The molecule has 1 heteroatoms. The molecule has 0 aliphatic carbocycles. The lowest BCUT2D eigenvalue weighted by molar-refractivity contribution is 0.310. The van der Waals surface area contributed by atoms with E-state index in [-0.39, 0.29) is 0 Å². The quantitative estimate of drug-likeness (QED) is 0.455. The summed E-state index contributed by atoms with van der Waals surface area (Å²) in [5.41, 5.74) is 0. The van der Waals surface area contributed by atoms with Crippen molar-refractivity contribution in [3.05, 3.63) is 0 Å². The van der Waals surface area contributed by atoms with Crippen LogP contribution in [-0.2, 0) is 0 Å². The topological polar surface area (TPSA) is 3.24 Å². The van der Waals surface area contributed by atoms with Crippen LogP contribution in [0.15, 0.2) is 0 Å². The molecule has 1 fully saturated rings. The third-order valence-electron chi connectivity index (χ3n) is 4.41. The van der Waals surface area contributed by atoms with Crippen molar-refractivity contribution in [1.29, 1.82) is 0 Å². The molecule has 0 aromatic rings. The summed E-state index contributed by atoms with van der Waals surface area (Å²) in [6.07, 6.45) is 15.8. The van der Waals surface area contributed by atoms with E-state index in [4.69, 9.17) is 0 Å². The molecule has 0 saturated carbocycles. The fourth-order valence-corrected chi connectivity index (χ4v) is 3.14. The van der Waals surface area contributed by atoms with Crippen LogP contribution in [0.4, 0.5) is 0 Å². The zero-order valence-electron chi connectivity index (χ0n) is 12.9. The fourth-order valence-electron chi connectivity index (χ4n) is 3.14. The van der Waals surface area contributed by atoms with Crippen LogP contribution in [0.25, 0.3) is 0 Å². The molecule has 0 aromatic heterocycles. The van der Waals surface area contributed by atoms with Crippen molar-refractivity contribution in [3.8, 4) is 0 Å². The van der Waals surface area contributed by atoms with E-state index in [0.717, 1.165) is 5.92 Å². The van der Waals surface area contributed by atoms with E-state index in [1.165, 1.54) is 90.3 Å². The largest absolute Gasteiger partial charge is 0.303 e. The molecule has 1 rings (SSSR count). The van der Waals surface area contributed by atoms with Gasteiger partial charge < -0.3 is 4.90 Å². The van der Waals surface area contributed by atoms with Crippen LogP contribution in [0.3, 0.4) is 0 Å². The van der Waals surface area contributed by atoms with Gasteiger partial charge in [0.1, 0.15) is 0 Å². The molecule has 0 spiro atoms. The normalized spacial score (nSPS) is 20.7. The van der Waals surface area contributed by atoms with Crippen molar-refractivity contribution >= 4 is 0 Å². The molecule has 0 amide bonds. The summed E-state index contributed by atoms with van der Waals surface area (Å²) < 4.78 is 0. The van der Waals surface area contributed by atoms with Crippen molar-refractivity contribution < 1.29 is 0 Å². The molecule has 1 atom stereocenters. The molecule has 1 heterocycles. The van der Waals surface area contributed by atoms with E-state index >= 15 is 0 Å². The van der Waals surface area contributed by atoms with Gasteiger partial charge in [-0.3, -0.25) is 0 Å². The first-order valence-electron chi connectivity index (χ1n) is 8.59. The Balaban J connectivity index is 1.88. The van der Waals surface area contributed by atoms with Gasteiger partial charge in [0.25, 0.3) is 0 Å². The SMILES string of the molecule is CCCCCCCCCN1CCC(CCCC)C1. The Hall–Kier alpha value is -0.0400. The van der Waals surface area contributed by atoms with Crippen LogP contribution in [0.2, 0.25) is 0 Å². The predicted octanol–water partition coefficient (Wildman–Crippen LogP) is 5.25. The number of hydrogen-bond donors (Lipinski definition) is 0. The highest BCUT2D eigenvalue weighted by molar-refractivity contribution is 4.75. The molecule has 1 aliphatic heterocycles. The molecule has 1 aliphatic rings. The Morgan fingerprint density at radius 3 is 2.22 bits per heavy atom. The van der Waals surface area contributed by atoms with Crippen molar-refractivity contribution in [2.24, 2.45) is 5.92 Å². The van der Waals surface area contributed by atoms with Crippen LogP contribution >= 0.6 is 0 Å². The lowest BCUT2D eigenvalue weighted by atomic mass is 10.0. The van der Waals surface area contributed by atoms with Crippen molar-refractivity contribution in [2.45, 2.75) is 84.5 Å². The summed E-state index contributed by atoms with van der Waals surface area (Å²) in [6, 6.07) is 0. The maximum atomic E-state index is 2.71. The highest BCUT2D eigenvalue weighted by Crippen LogP contribution is 2.22. The van der Waals surface area contributed by atoms with Crippen LogP contribution in [0.5, 0.6) is 0 Å². The molecule has 0 N–H and O–H groups in total. The van der Waals surface area contributed by atoms with Crippen LogP contribution in [-0.4, -0.2) is 24.5 Å². The zero-order chi connectivity index (χ0) is 13.1. The average molecular weight is 253 g/mol. The van der Waals surface area contributed by atoms with Gasteiger partial charge in [0.05, 0.1) is 0 Å². The van der Waals surface area contributed by atoms with Crippen molar-refractivity contribution in [1.82, 2.24) is 4.90 Å². The monoisotopic (exact) mass is 253 g/mol. The second-order valence-corrected chi connectivity index (χ2v) is 6.22. The second kappa shape index (κ2) is 10.8. The van der Waals surface area contributed by atoms with Gasteiger partial charge in [0.15, 0.2) is 0 Å². The molecule has 1 nitrogen and oxygen atoms in total. The highest BCUT2D eigenvalue weighted by atomic mass is 15.1. The van der Waals surface area contributed by atoms with Gasteiger partial charge >= 0.3 is 0 Å².